The second kappa shape index (κ2) is 11.1. The molecular weight excluding hydrogens is 493 g/mol. The number of nitrogens with zero attached hydrogens (tertiary/aromatic N) is 6. The normalized spacial score (nSPS) is 17.5. The lowest BCUT2D eigenvalue weighted by Crippen LogP contribution is -2.37. The van der Waals surface area contributed by atoms with Gasteiger partial charge in [-0.25, -0.2) is 9.37 Å². The second-order valence-electron chi connectivity index (χ2n) is 11.0. The van der Waals surface area contributed by atoms with Crippen LogP contribution in [0.5, 0.6) is 0 Å². The molecule has 0 amide bonds. The van der Waals surface area contributed by atoms with Crippen LogP contribution in [0.2, 0.25) is 0 Å². The number of nitrogens with one attached hydrogen (secondary N) is 1. The van der Waals surface area contributed by atoms with E-state index in [2.05, 4.69) is 49.6 Å². The average molecular weight is 532 g/mol. The van der Waals surface area contributed by atoms with Gasteiger partial charge in [0.15, 0.2) is 0 Å². The van der Waals surface area contributed by atoms with Gasteiger partial charge in [-0.2, -0.15) is 5.10 Å². The lowest BCUT2D eigenvalue weighted by molar-refractivity contribution is 0.122. The summed E-state index contributed by atoms with van der Waals surface area (Å²) in [5.41, 5.74) is 6.34. The van der Waals surface area contributed by atoms with E-state index >= 15 is 4.39 Å². The van der Waals surface area contributed by atoms with E-state index < -0.39 is 0 Å². The van der Waals surface area contributed by atoms with Crippen LogP contribution < -0.4 is 4.90 Å². The quantitative estimate of drug-likeness (QED) is 0.370. The average Bonchev–Trinajstić information content (AvgIpc) is 3.60. The molecule has 1 aromatic carbocycles. The monoisotopic (exact) mass is 531 g/mol. The van der Waals surface area contributed by atoms with Gasteiger partial charge in [0.05, 0.1) is 31.1 Å². The summed E-state index contributed by atoms with van der Waals surface area (Å²) in [5, 5.41) is 5.75. The van der Waals surface area contributed by atoms with Crippen molar-refractivity contribution in [3.05, 3.63) is 54.4 Å². The molecular formula is C30H38FN7O. The minimum atomic E-state index is -0.198. The number of aromatic nitrogens is 4. The molecule has 1 N–H and O–H groups in total. The summed E-state index contributed by atoms with van der Waals surface area (Å²) in [6, 6.07) is 6.32. The fourth-order valence-corrected chi connectivity index (χ4v) is 6.00. The minimum absolute atomic E-state index is 0.198. The first-order valence-corrected chi connectivity index (χ1v) is 14.0. The molecule has 3 aromatic heterocycles. The first kappa shape index (κ1) is 26.0. The summed E-state index contributed by atoms with van der Waals surface area (Å²) in [4.78, 5) is 14.7. The molecule has 0 saturated carbocycles. The van der Waals surface area contributed by atoms with E-state index in [1.165, 1.54) is 0 Å². The number of hydrogen-bond donors (Lipinski definition) is 1. The Hall–Kier alpha value is -3.27. The van der Waals surface area contributed by atoms with Crippen LogP contribution in [0, 0.1) is 5.82 Å². The Balaban J connectivity index is 1.33. The van der Waals surface area contributed by atoms with Crippen molar-refractivity contribution in [3.8, 4) is 22.3 Å². The smallest absolute Gasteiger partial charge is 0.147 e. The van der Waals surface area contributed by atoms with Crippen LogP contribution >= 0.6 is 0 Å². The molecule has 0 bridgehead atoms. The van der Waals surface area contributed by atoms with Gasteiger partial charge in [0.2, 0.25) is 0 Å². The third-order valence-electron chi connectivity index (χ3n) is 8.11. The number of benzene rings is 1. The molecule has 2 aliphatic heterocycles. The molecule has 0 aliphatic carbocycles. The van der Waals surface area contributed by atoms with Crippen molar-refractivity contribution in [1.82, 2.24) is 29.5 Å². The molecule has 0 radical (unpaired) electrons. The molecule has 9 heteroatoms. The van der Waals surface area contributed by atoms with Crippen molar-refractivity contribution < 1.29 is 9.13 Å². The van der Waals surface area contributed by atoms with Gasteiger partial charge in [-0.05, 0) is 62.8 Å². The highest BCUT2D eigenvalue weighted by Crippen LogP contribution is 2.35. The first-order valence-electron chi connectivity index (χ1n) is 14.0. The molecule has 5 heterocycles. The maximum Gasteiger partial charge on any atom is 0.147 e. The van der Waals surface area contributed by atoms with Crippen LogP contribution in [0.4, 0.5) is 10.1 Å². The van der Waals surface area contributed by atoms with Crippen molar-refractivity contribution in [2.75, 3.05) is 64.9 Å². The van der Waals surface area contributed by atoms with Crippen LogP contribution in [0.1, 0.15) is 31.4 Å². The summed E-state index contributed by atoms with van der Waals surface area (Å²) >= 11 is 0. The van der Waals surface area contributed by atoms with Gasteiger partial charge in [0.25, 0.3) is 0 Å². The van der Waals surface area contributed by atoms with E-state index in [0.717, 1.165) is 71.3 Å². The van der Waals surface area contributed by atoms with Gasteiger partial charge in [-0.1, -0.05) is 6.92 Å². The Morgan fingerprint density at radius 1 is 1.03 bits per heavy atom. The molecule has 0 unspecified atom stereocenters. The zero-order chi connectivity index (χ0) is 26.9. The van der Waals surface area contributed by atoms with E-state index in [1.807, 2.05) is 32.7 Å². The highest BCUT2D eigenvalue weighted by atomic mass is 19.1. The van der Waals surface area contributed by atoms with Gasteiger partial charge in [0.1, 0.15) is 11.5 Å². The zero-order valence-corrected chi connectivity index (χ0v) is 23.2. The number of likely N-dealkylation sites (tertiary alicyclic amines) is 1. The number of pyridine rings is 1. The predicted octanol–water partition coefficient (Wildman–Crippen LogP) is 4.79. The summed E-state index contributed by atoms with van der Waals surface area (Å²) < 4.78 is 23.4. The Morgan fingerprint density at radius 2 is 1.82 bits per heavy atom. The second-order valence-corrected chi connectivity index (χ2v) is 11.0. The fourth-order valence-electron chi connectivity index (χ4n) is 6.00. The van der Waals surface area contributed by atoms with Crippen LogP contribution in [0.25, 0.3) is 33.3 Å². The lowest BCUT2D eigenvalue weighted by Gasteiger charge is -2.32. The van der Waals surface area contributed by atoms with Gasteiger partial charge < -0.3 is 24.4 Å². The highest BCUT2D eigenvalue weighted by Gasteiger charge is 2.23. The summed E-state index contributed by atoms with van der Waals surface area (Å²) in [6.07, 6.45) is 10.2. The Bertz CT molecular complexity index is 1430. The molecule has 4 aromatic rings. The molecule has 0 atom stereocenters. The van der Waals surface area contributed by atoms with Gasteiger partial charge >= 0.3 is 0 Å². The number of rotatable bonds is 7. The lowest BCUT2D eigenvalue weighted by atomic mass is 9.99. The third-order valence-corrected chi connectivity index (χ3v) is 8.11. The van der Waals surface area contributed by atoms with Crippen LogP contribution in [-0.2, 0) is 11.3 Å². The van der Waals surface area contributed by atoms with E-state index in [-0.39, 0.29) is 5.82 Å². The number of morpholine rings is 1. The van der Waals surface area contributed by atoms with Crippen molar-refractivity contribution in [2.24, 2.45) is 0 Å². The maximum atomic E-state index is 15.7. The Morgan fingerprint density at radius 3 is 2.56 bits per heavy atom. The SMILES string of the molecule is CCN1CCC(n2cc(-c3c[nH]c4ncc(-c5cc(F)c(N6CCOCC6)c(CN(C)C)c5)cc34)cn2)CC1. The van der Waals surface area contributed by atoms with Gasteiger partial charge in [-0.3, -0.25) is 4.68 Å². The van der Waals surface area contributed by atoms with E-state index in [0.29, 0.717) is 44.6 Å². The molecule has 2 fully saturated rings. The molecule has 206 valence electrons. The van der Waals surface area contributed by atoms with Crippen LogP contribution in [0.15, 0.2) is 43.0 Å². The number of fused-ring (bicyclic) bond motifs is 1. The van der Waals surface area contributed by atoms with Crippen molar-refractivity contribution in [1.29, 1.82) is 0 Å². The number of H-pyrrole nitrogens is 1. The first-order chi connectivity index (χ1) is 19.0. The standard InChI is InChI=1S/C30H38FN7O/c1-4-36-7-5-25(6-8-36)38-20-24(17-34-38)27-18-33-30-26(27)14-22(16-32-30)21-13-23(19-35(2)3)29(28(31)15-21)37-9-11-39-12-10-37/h13-18,20,25H,4-12,19H2,1-3H3,(H,32,33). The van der Waals surface area contributed by atoms with Crippen molar-refractivity contribution in [2.45, 2.75) is 32.4 Å². The summed E-state index contributed by atoms with van der Waals surface area (Å²) in [7, 11) is 4.03. The predicted molar refractivity (Wildman–Crippen MR) is 154 cm³/mol. The third kappa shape index (κ3) is 5.31. The molecule has 39 heavy (non-hydrogen) atoms. The zero-order valence-electron chi connectivity index (χ0n) is 23.2. The summed E-state index contributed by atoms with van der Waals surface area (Å²) in [6.45, 7) is 8.85. The summed E-state index contributed by atoms with van der Waals surface area (Å²) in [5.74, 6) is -0.198. The fraction of sp³-hybridized carbons (Fsp3) is 0.467. The number of halogens is 1. The molecule has 2 saturated heterocycles. The van der Waals surface area contributed by atoms with E-state index in [1.54, 1.807) is 6.07 Å². The maximum absolute atomic E-state index is 15.7. The van der Waals surface area contributed by atoms with Gasteiger partial charge in [0, 0.05) is 73.4 Å². The number of anilines is 1. The largest absolute Gasteiger partial charge is 0.378 e. The van der Waals surface area contributed by atoms with Crippen LogP contribution in [-0.4, -0.2) is 89.6 Å². The number of hydrogen-bond acceptors (Lipinski definition) is 6. The molecule has 2 aliphatic rings. The minimum Gasteiger partial charge on any atom is -0.378 e. The number of piperidine rings is 1. The van der Waals surface area contributed by atoms with Gasteiger partial charge in [-0.15, -0.1) is 0 Å². The number of aromatic amines is 1. The topological polar surface area (TPSA) is 65.5 Å². The van der Waals surface area contributed by atoms with E-state index in [9.17, 15) is 0 Å². The van der Waals surface area contributed by atoms with E-state index in [4.69, 9.17) is 14.8 Å². The van der Waals surface area contributed by atoms with Crippen molar-refractivity contribution >= 4 is 16.7 Å². The van der Waals surface area contributed by atoms with Crippen molar-refractivity contribution in [3.63, 3.8) is 0 Å². The molecule has 0 spiro atoms. The Kier molecular flexibility index (Phi) is 7.38. The highest BCUT2D eigenvalue weighted by molar-refractivity contribution is 5.95. The van der Waals surface area contributed by atoms with Crippen LogP contribution in [0.3, 0.4) is 0 Å². The molecule has 8 nitrogen and oxygen atoms in total. The molecule has 6 rings (SSSR count). The number of ether oxygens (including phenoxy) is 1. The Labute approximate surface area is 229 Å².